The number of amides is 1. The molecule has 1 aromatic carbocycles. The first-order valence-corrected chi connectivity index (χ1v) is 7.39. The lowest BCUT2D eigenvalue weighted by Gasteiger charge is -2.17. The van der Waals surface area contributed by atoms with Crippen LogP contribution in [-0.4, -0.2) is 11.8 Å². The van der Waals surface area contributed by atoms with E-state index in [1.165, 1.54) is 5.56 Å². The summed E-state index contributed by atoms with van der Waals surface area (Å²) in [5.41, 5.74) is 2.29. The highest BCUT2D eigenvalue weighted by molar-refractivity contribution is 6.17. The number of halogens is 1. The molecule has 0 radical (unpaired) electrons. The standard InChI is InChI=1S/C16H24ClNO/c1-16(2,3)10-9-15(19)18-14-8-4-6-13(12-14)7-5-11-17/h4,6,8,12H,5,7,9-11H2,1-3H3,(H,18,19). The zero-order chi connectivity index (χ0) is 14.3. The molecule has 0 aromatic heterocycles. The van der Waals surface area contributed by atoms with E-state index in [0.29, 0.717) is 12.3 Å². The Morgan fingerprint density at radius 2 is 2.05 bits per heavy atom. The number of anilines is 1. The molecule has 19 heavy (non-hydrogen) atoms. The van der Waals surface area contributed by atoms with E-state index in [2.05, 4.69) is 32.2 Å². The second-order valence-electron chi connectivity index (χ2n) is 6.10. The zero-order valence-corrected chi connectivity index (χ0v) is 12.9. The predicted molar refractivity (Wildman–Crippen MR) is 82.8 cm³/mol. The average Bonchev–Trinajstić information content (AvgIpc) is 2.33. The number of nitrogens with one attached hydrogen (secondary N) is 1. The Balaban J connectivity index is 2.49. The van der Waals surface area contributed by atoms with Crippen molar-refractivity contribution >= 4 is 23.2 Å². The lowest BCUT2D eigenvalue weighted by atomic mass is 9.90. The summed E-state index contributed by atoms with van der Waals surface area (Å²) in [4.78, 5) is 11.9. The SMILES string of the molecule is CC(C)(C)CCC(=O)Nc1cccc(CCCCl)c1. The van der Waals surface area contributed by atoms with Crippen molar-refractivity contribution in [1.82, 2.24) is 0 Å². The molecule has 0 saturated carbocycles. The van der Waals surface area contributed by atoms with Gasteiger partial charge in [0, 0.05) is 18.0 Å². The Hall–Kier alpha value is -1.02. The van der Waals surface area contributed by atoms with E-state index >= 15 is 0 Å². The maximum absolute atomic E-state index is 11.9. The maximum atomic E-state index is 11.9. The molecule has 1 N–H and O–H groups in total. The third kappa shape index (κ3) is 7.22. The van der Waals surface area contributed by atoms with Crippen molar-refractivity contribution in [3.8, 4) is 0 Å². The Bertz CT molecular complexity index is 409. The topological polar surface area (TPSA) is 29.1 Å². The number of benzene rings is 1. The molecule has 0 heterocycles. The summed E-state index contributed by atoms with van der Waals surface area (Å²) in [7, 11) is 0. The van der Waals surface area contributed by atoms with Gasteiger partial charge in [-0.2, -0.15) is 0 Å². The number of rotatable bonds is 6. The fourth-order valence-electron chi connectivity index (χ4n) is 1.79. The number of alkyl halides is 1. The van der Waals surface area contributed by atoms with Crippen LogP contribution in [0.4, 0.5) is 5.69 Å². The van der Waals surface area contributed by atoms with Crippen LogP contribution in [0.5, 0.6) is 0 Å². The van der Waals surface area contributed by atoms with Gasteiger partial charge in [0.2, 0.25) is 5.91 Å². The molecule has 106 valence electrons. The summed E-state index contributed by atoms with van der Waals surface area (Å²) in [5, 5.41) is 2.96. The van der Waals surface area contributed by atoms with Crippen LogP contribution in [0.1, 0.15) is 45.6 Å². The van der Waals surface area contributed by atoms with Crippen LogP contribution >= 0.6 is 11.6 Å². The second kappa shape index (κ2) is 7.54. The molecule has 0 aliphatic carbocycles. The number of hydrogen-bond donors (Lipinski definition) is 1. The summed E-state index contributed by atoms with van der Waals surface area (Å²) in [6, 6.07) is 8.00. The fraction of sp³-hybridized carbons (Fsp3) is 0.562. The van der Waals surface area contributed by atoms with Gasteiger partial charge in [0.1, 0.15) is 0 Å². The summed E-state index contributed by atoms with van der Waals surface area (Å²) in [5.74, 6) is 0.756. The molecule has 0 atom stereocenters. The number of hydrogen-bond acceptors (Lipinski definition) is 1. The van der Waals surface area contributed by atoms with Gasteiger partial charge in [0.25, 0.3) is 0 Å². The largest absolute Gasteiger partial charge is 0.326 e. The van der Waals surface area contributed by atoms with E-state index in [4.69, 9.17) is 11.6 Å². The molecule has 1 aromatic rings. The predicted octanol–water partition coefficient (Wildman–Crippen LogP) is 4.62. The van der Waals surface area contributed by atoms with Gasteiger partial charge in [-0.25, -0.2) is 0 Å². The first-order chi connectivity index (χ1) is 8.90. The van der Waals surface area contributed by atoms with Crippen molar-refractivity contribution in [2.24, 2.45) is 5.41 Å². The molecule has 0 fully saturated rings. The minimum Gasteiger partial charge on any atom is -0.326 e. The van der Waals surface area contributed by atoms with Gasteiger partial charge in [0.05, 0.1) is 0 Å². The molecular formula is C16H24ClNO. The summed E-state index contributed by atoms with van der Waals surface area (Å²) < 4.78 is 0. The Kier molecular flexibility index (Phi) is 6.36. The van der Waals surface area contributed by atoms with Crippen LogP contribution in [0.15, 0.2) is 24.3 Å². The maximum Gasteiger partial charge on any atom is 0.224 e. The van der Waals surface area contributed by atoms with E-state index in [1.807, 2.05) is 18.2 Å². The van der Waals surface area contributed by atoms with E-state index in [1.54, 1.807) is 0 Å². The fourth-order valence-corrected chi connectivity index (χ4v) is 1.92. The summed E-state index contributed by atoms with van der Waals surface area (Å²) in [6.45, 7) is 6.44. The third-order valence-corrected chi connectivity index (χ3v) is 3.18. The van der Waals surface area contributed by atoms with Gasteiger partial charge in [0.15, 0.2) is 0 Å². The van der Waals surface area contributed by atoms with Crippen molar-refractivity contribution in [3.05, 3.63) is 29.8 Å². The van der Waals surface area contributed by atoms with Crippen molar-refractivity contribution < 1.29 is 4.79 Å². The van der Waals surface area contributed by atoms with Crippen LogP contribution in [0, 0.1) is 5.41 Å². The second-order valence-corrected chi connectivity index (χ2v) is 6.48. The van der Waals surface area contributed by atoms with Gasteiger partial charge >= 0.3 is 0 Å². The molecule has 0 saturated heterocycles. The number of aryl methyl sites for hydroxylation is 1. The highest BCUT2D eigenvalue weighted by Crippen LogP contribution is 2.21. The van der Waals surface area contributed by atoms with E-state index in [0.717, 1.165) is 24.9 Å². The van der Waals surface area contributed by atoms with Gasteiger partial charge in [-0.3, -0.25) is 4.79 Å². The Morgan fingerprint density at radius 3 is 2.68 bits per heavy atom. The van der Waals surface area contributed by atoms with E-state index < -0.39 is 0 Å². The zero-order valence-electron chi connectivity index (χ0n) is 12.1. The first kappa shape index (κ1) is 16.0. The van der Waals surface area contributed by atoms with E-state index in [-0.39, 0.29) is 11.3 Å². The van der Waals surface area contributed by atoms with Gasteiger partial charge in [-0.05, 0) is 42.4 Å². The highest BCUT2D eigenvalue weighted by Gasteiger charge is 2.12. The Labute approximate surface area is 121 Å². The van der Waals surface area contributed by atoms with Crippen LogP contribution in [0.25, 0.3) is 0 Å². The molecule has 1 amide bonds. The molecule has 2 nitrogen and oxygen atoms in total. The normalized spacial score (nSPS) is 11.4. The minimum absolute atomic E-state index is 0.0874. The molecule has 0 aliphatic heterocycles. The van der Waals surface area contributed by atoms with Crippen molar-refractivity contribution in [2.45, 2.75) is 46.5 Å². The number of carbonyl (C=O) groups excluding carboxylic acids is 1. The molecule has 1 rings (SSSR count). The van der Waals surface area contributed by atoms with Crippen LogP contribution in [0.2, 0.25) is 0 Å². The average molecular weight is 282 g/mol. The lowest BCUT2D eigenvalue weighted by Crippen LogP contribution is -2.15. The summed E-state index contributed by atoms with van der Waals surface area (Å²) >= 11 is 5.69. The molecule has 0 aliphatic rings. The molecule has 0 unspecified atom stereocenters. The molecule has 3 heteroatoms. The van der Waals surface area contributed by atoms with Crippen LogP contribution in [-0.2, 0) is 11.2 Å². The molecule has 0 spiro atoms. The van der Waals surface area contributed by atoms with Crippen molar-refractivity contribution in [2.75, 3.05) is 11.2 Å². The molecule has 0 bridgehead atoms. The molecular weight excluding hydrogens is 258 g/mol. The highest BCUT2D eigenvalue weighted by atomic mass is 35.5. The van der Waals surface area contributed by atoms with Crippen molar-refractivity contribution in [3.63, 3.8) is 0 Å². The minimum atomic E-state index is 0.0874. The van der Waals surface area contributed by atoms with Crippen LogP contribution < -0.4 is 5.32 Å². The quantitative estimate of drug-likeness (QED) is 0.757. The monoisotopic (exact) mass is 281 g/mol. The van der Waals surface area contributed by atoms with Gasteiger partial charge in [-0.1, -0.05) is 32.9 Å². The third-order valence-electron chi connectivity index (χ3n) is 2.91. The Morgan fingerprint density at radius 1 is 1.32 bits per heavy atom. The smallest absolute Gasteiger partial charge is 0.224 e. The summed E-state index contributed by atoms with van der Waals surface area (Å²) in [6.07, 6.45) is 3.37. The van der Waals surface area contributed by atoms with E-state index in [9.17, 15) is 4.79 Å². The van der Waals surface area contributed by atoms with Gasteiger partial charge < -0.3 is 5.32 Å². The van der Waals surface area contributed by atoms with Crippen molar-refractivity contribution in [1.29, 1.82) is 0 Å². The lowest BCUT2D eigenvalue weighted by molar-refractivity contribution is -0.116. The first-order valence-electron chi connectivity index (χ1n) is 6.85. The van der Waals surface area contributed by atoms with Gasteiger partial charge in [-0.15, -0.1) is 11.6 Å². The number of carbonyl (C=O) groups is 1. The van der Waals surface area contributed by atoms with Crippen LogP contribution in [0.3, 0.4) is 0 Å².